The standard InChI is InChI=1S/C23H16BrN3O5/c1-30-16-6-4-12(10-17(16)31-2)19-18-20(28)14-11-13(24)5-7-15(14)32-21(18)22(29)27(19)23-25-8-3-9-26-23/h3-11,19H,1-2H3. The van der Waals surface area contributed by atoms with Crippen LogP contribution < -0.4 is 19.8 Å². The van der Waals surface area contributed by atoms with Crippen LogP contribution in [0, 0.1) is 0 Å². The Kier molecular flexibility index (Phi) is 4.90. The highest BCUT2D eigenvalue weighted by Gasteiger charge is 2.45. The molecule has 2 aromatic heterocycles. The third-order valence-corrected chi connectivity index (χ3v) is 5.82. The van der Waals surface area contributed by atoms with Crippen molar-refractivity contribution in [1.82, 2.24) is 9.97 Å². The summed E-state index contributed by atoms with van der Waals surface area (Å²) in [5, 5.41) is 0.368. The zero-order valence-corrected chi connectivity index (χ0v) is 18.6. The molecule has 5 rings (SSSR count). The first-order valence-corrected chi connectivity index (χ1v) is 10.4. The molecule has 0 fully saturated rings. The van der Waals surface area contributed by atoms with Crippen molar-refractivity contribution in [1.29, 1.82) is 0 Å². The number of anilines is 1. The summed E-state index contributed by atoms with van der Waals surface area (Å²) in [5.41, 5.74) is 0.880. The molecule has 0 saturated heterocycles. The van der Waals surface area contributed by atoms with Crippen LogP contribution in [0.3, 0.4) is 0 Å². The van der Waals surface area contributed by atoms with Crippen LogP contribution in [0.5, 0.6) is 11.5 Å². The Morgan fingerprint density at radius 1 is 1.00 bits per heavy atom. The van der Waals surface area contributed by atoms with Crippen LogP contribution in [0.25, 0.3) is 11.0 Å². The molecule has 1 atom stereocenters. The maximum Gasteiger partial charge on any atom is 0.297 e. The second-order valence-electron chi connectivity index (χ2n) is 7.06. The summed E-state index contributed by atoms with van der Waals surface area (Å²) in [6.07, 6.45) is 3.07. The SMILES string of the molecule is COc1ccc(C2c3c(oc4ccc(Br)cc4c3=O)C(=O)N2c2ncccn2)cc1OC. The summed E-state index contributed by atoms with van der Waals surface area (Å²) in [4.78, 5) is 36.9. The van der Waals surface area contributed by atoms with Crippen LogP contribution >= 0.6 is 15.9 Å². The Morgan fingerprint density at radius 2 is 1.75 bits per heavy atom. The van der Waals surface area contributed by atoms with E-state index in [1.165, 1.54) is 31.5 Å². The molecule has 0 spiro atoms. The fraction of sp³-hybridized carbons (Fsp3) is 0.130. The van der Waals surface area contributed by atoms with Gasteiger partial charge in [0.1, 0.15) is 5.58 Å². The van der Waals surface area contributed by atoms with Gasteiger partial charge in [-0.15, -0.1) is 0 Å². The molecule has 0 N–H and O–H groups in total. The third-order valence-electron chi connectivity index (χ3n) is 5.32. The molecule has 0 aliphatic carbocycles. The molecule has 1 aliphatic rings. The van der Waals surface area contributed by atoms with Gasteiger partial charge in [0.05, 0.1) is 31.2 Å². The number of halogens is 1. The predicted molar refractivity (Wildman–Crippen MR) is 120 cm³/mol. The summed E-state index contributed by atoms with van der Waals surface area (Å²) in [6, 6.07) is 11.2. The van der Waals surface area contributed by atoms with Gasteiger partial charge < -0.3 is 13.9 Å². The fourth-order valence-electron chi connectivity index (χ4n) is 3.91. The Balaban J connectivity index is 1.82. The van der Waals surface area contributed by atoms with Crippen molar-refractivity contribution in [3.8, 4) is 11.5 Å². The first-order valence-electron chi connectivity index (χ1n) is 9.62. The summed E-state index contributed by atoms with van der Waals surface area (Å²) in [6.45, 7) is 0. The van der Waals surface area contributed by atoms with E-state index in [9.17, 15) is 9.59 Å². The van der Waals surface area contributed by atoms with Crippen LogP contribution in [-0.4, -0.2) is 30.1 Å². The first kappa shape index (κ1) is 20.2. The smallest absolute Gasteiger partial charge is 0.297 e. The number of benzene rings is 2. The molecule has 9 heteroatoms. The maximum absolute atomic E-state index is 13.6. The molecule has 8 nitrogen and oxygen atoms in total. The van der Waals surface area contributed by atoms with E-state index in [0.29, 0.717) is 28.0 Å². The summed E-state index contributed by atoms with van der Waals surface area (Å²) >= 11 is 3.39. The maximum atomic E-state index is 13.6. The van der Waals surface area contributed by atoms with Gasteiger partial charge in [0, 0.05) is 16.9 Å². The lowest BCUT2D eigenvalue weighted by atomic mass is 9.98. The minimum atomic E-state index is -0.806. The number of carbonyl (C=O) groups is 1. The number of hydrogen-bond acceptors (Lipinski definition) is 7. The van der Waals surface area contributed by atoms with Crippen molar-refractivity contribution < 1.29 is 18.7 Å². The Bertz CT molecular complexity index is 1420. The Labute approximate surface area is 190 Å². The van der Waals surface area contributed by atoms with Gasteiger partial charge in [0.2, 0.25) is 11.7 Å². The molecular weight excluding hydrogens is 478 g/mol. The molecule has 0 radical (unpaired) electrons. The fourth-order valence-corrected chi connectivity index (χ4v) is 4.27. The second-order valence-corrected chi connectivity index (χ2v) is 7.97. The minimum absolute atomic E-state index is 0.0305. The molecular formula is C23H16BrN3O5. The van der Waals surface area contributed by atoms with Gasteiger partial charge in [-0.25, -0.2) is 9.97 Å². The lowest BCUT2D eigenvalue weighted by Crippen LogP contribution is -2.31. The molecule has 3 heterocycles. The van der Waals surface area contributed by atoms with E-state index in [1.54, 1.807) is 42.5 Å². The lowest BCUT2D eigenvalue weighted by molar-refractivity contribution is 0.0969. The van der Waals surface area contributed by atoms with Gasteiger partial charge in [0.25, 0.3) is 5.91 Å². The van der Waals surface area contributed by atoms with Gasteiger partial charge in [-0.2, -0.15) is 0 Å². The zero-order chi connectivity index (χ0) is 22.4. The number of hydrogen-bond donors (Lipinski definition) is 0. The summed E-state index contributed by atoms with van der Waals surface area (Å²) < 4.78 is 17.4. The predicted octanol–water partition coefficient (Wildman–Crippen LogP) is 4.11. The average Bonchev–Trinajstić information content (AvgIpc) is 3.12. The largest absolute Gasteiger partial charge is 0.493 e. The molecule has 1 unspecified atom stereocenters. The highest BCUT2D eigenvalue weighted by Crippen LogP contribution is 2.42. The van der Waals surface area contributed by atoms with E-state index in [4.69, 9.17) is 13.9 Å². The third kappa shape index (κ3) is 3.04. The number of ether oxygens (including phenoxy) is 2. The van der Waals surface area contributed by atoms with Crippen LogP contribution in [-0.2, 0) is 0 Å². The van der Waals surface area contributed by atoms with Gasteiger partial charge in [-0.05, 0) is 42.0 Å². The Morgan fingerprint density at radius 3 is 2.47 bits per heavy atom. The van der Waals surface area contributed by atoms with Crippen LogP contribution in [0.4, 0.5) is 5.95 Å². The number of aromatic nitrogens is 2. The van der Waals surface area contributed by atoms with Crippen LogP contribution in [0.2, 0.25) is 0 Å². The number of fused-ring (bicyclic) bond motifs is 2. The van der Waals surface area contributed by atoms with Gasteiger partial charge in [-0.3, -0.25) is 14.5 Å². The molecule has 2 aromatic carbocycles. The van der Waals surface area contributed by atoms with Crippen LogP contribution in [0.1, 0.15) is 27.7 Å². The zero-order valence-electron chi connectivity index (χ0n) is 17.0. The topological polar surface area (TPSA) is 94.8 Å². The molecule has 1 amide bonds. The number of amides is 1. The van der Waals surface area contributed by atoms with E-state index in [2.05, 4.69) is 25.9 Å². The van der Waals surface area contributed by atoms with Crippen molar-refractivity contribution in [2.24, 2.45) is 0 Å². The van der Waals surface area contributed by atoms with Crippen molar-refractivity contribution >= 4 is 38.8 Å². The van der Waals surface area contributed by atoms with Gasteiger partial charge in [-0.1, -0.05) is 22.0 Å². The number of carbonyl (C=O) groups excluding carboxylic acids is 1. The Hall–Kier alpha value is -3.72. The van der Waals surface area contributed by atoms with Crippen molar-refractivity contribution in [2.75, 3.05) is 19.1 Å². The van der Waals surface area contributed by atoms with Crippen molar-refractivity contribution in [3.05, 3.63) is 86.4 Å². The average molecular weight is 494 g/mol. The molecule has 32 heavy (non-hydrogen) atoms. The summed E-state index contributed by atoms with van der Waals surface area (Å²) in [5.74, 6) is 0.629. The molecule has 1 aliphatic heterocycles. The molecule has 4 aromatic rings. The molecule has 0 bridgehead atoms. The quantitative estimate of drug-likeness (QED) is 0.422. The highest BCUT2D eigenvalue weighted by molar-refractivity contribution is 9.10. The minimum Gasteiger partial charge on any atom is -0.493 e. The number of methoxy groups -OCH3 is 2. The van der Waals surface area contributed by atoms with Gasteiger partial charge in [0.15, 0.2) is 16.9 Å². The summed E-state index contributed by atoms with van der Waals surface area (Å²) in [7, 11) is 3.06. The highest BCUT2D eigenvalue weighted by atomic mass is 79.9. The monoisotopic (exact) mass is 493 g/mol. The van der Waals surface area contributed by atoms with E-state index >= 15 is 0 Å². The van der Waals surface area contributed by atoms with E-state index in [-0.39, 0.29) is 22.7 Å². The van der Waals surface area contributed by atoms with Crippen LogP contribution in [0.15, 0.2) is 68.5 Å². The molecule has 160 valence electrons. The number of rotatable bonds is 4. The van der Waals surface area contributed by atoms with Crippen molar-refractivity contribution in [2.45, 2.75) is 6.04 Å². The van der Waals surface area contributed by atoms with Gasteiger partial charge >= 0.3 is 0 Å². The number of nitrogens with zero attached hydrogens (tertiary/aromatic N) is 3. The lowest BCUT2D eigenvalue weighted by Gasteiger charge is -2.23. The van der Waals surface area contributed by atoms with E-state index < -0.39 is 11.9 Å². The van der Waals surface area contributed by atoms with E-state index in [0.717, 1.165) is 4.47 Å². The molecule has 0 saturated carbocycles. The first-order chi connectivity index (χ1) is 15.5. The second kappa shape index (κ2) is 7.76. The van der Waals surface area contributed by atoms with E-state index in [1.807, 2.05) is 0 Å². The van der Waals surface area contributed by atoms with Crippen molar-refractivity contribution in [3.63, 3.8) is 0 Å². The normalized spacial score (nSPS) is 15.2.